The van der Waals surface area contributed by atoms with Gasteiger partial charge in [0.15, 0.2) is 5.37 Å². The zero-order chi connectivity index (χ0) is 19.3. The van der Waals surface area contributed by atoms with E-state index in [1.54, 1.807) is 0 Å². The Hall–Kier alpha value is -2.72. The standard InChI is InChI=1S/C16H10F3NO5S/c17-16(18,19)10-7-5-9(6-8-10)15(26(23,24)25)20-13(21)11-3-1-2-4-12(11)14(20)22/h1-8,15H,(H,23,24,25). The van der Waals surface area contributed by atoms with Gasteiger partial charge in [0.1, 0.15) is 0 Å². The Labute approximate surface area is 145 Å². The number of rotatable bonds is 3. The van der Waals surface area contributed by atoms with Crippen LogP contribution in [0, 0.1) is 0 Å². The Bertz CT molecular complexity index is 964. The van der Waals surface area contributed by atoms with E-state index in [4.69, 9.17) is 0 Å². The molecule has 136 valence electrons. The molecule has 0 aromatic heterocycles. The minimum Gasteiger partial charge on any atom is -0.284 e. The van der Waals surface area contributed by atoms with Crippen molar-refractivity contribution < 1.29 is 35.7 Å². The van der Waals surface area contributed by atoms with Crippen molar-refractivity contribution in [2.45, 2.75) is 11.6 Å². The van der Waals surface area contributed by atoms with Crippen LogP contribution in [0.3, 0.4) is 0 Å². The van der Waals surface area contributed by atoms with Gasteiger partial charge in [-0.1, -0.05) is 24.3 Å². The molecule has 1 N–H and O–H groups in total. The first-order valence-electron chi connectivity index (χ1n) is 7.12. The Balaban J connectivity index is 2.10. The third-order valence-corrected chi connectivity index (χ3v) is 4.91. The number of hydrogen-bond acceptors (Lipinski definition) is 4. The van der Waals surface area contributed by atoms with Gasteiger partial charge in [0, 0.05) is 0 Å². The number of benzene rings is 2. The minimum atomic E-state index is -5.03. The van der Waals surface area contributed by atoms with Crippen LogP contribution in [-0.4, -0.2) is 29.7 Å². The number of amides is 2. The lowest BCUT2D eigenvalue weighted by molar-refractivity contribution is -0.137. The molecule has 10 heteroatoms. The molecule has 2 aromatic carbocycles. The van der Waals surface area contributed by atoms with E-state index < -0.39 is 39.0 Å². The summed E-state index contributed by atoms with van der Waals surface area (Å²) in [6, 6.07) is 8.35. The number of imide groups is 1. The maximum Gasteiger partial charge on any atom is 0.416 e. The van der Waals surface area contributed by atoms with E-state index in [1.807, 2.05) is 0 Å². The first-order chi connectivity index (χ1) is 12.0. The maximum absolute atomic E-state index is 12.7. The third-order valence-electron chi connectivity index (χ3n) is 3.87. The van der Waals surface area contributed by atoms with E-state index >= 15 is 0 Å². The van der Waals surface area contributed by atoms with Crippen LogP contribution in [0.1, 0.15) is 37.2 Å². The van der Waals surface area contributed by atoms with Crippen molar-refractivity contribution in [2.24, 2.45) is 0 Å². The fraction of sp³-hybridized carbons (Fsp3) is 0.125. The monoisotopic (exact) mass is 385 g/mol. The highest BCUT2D eigenvalue weighted by Crippen LogP contribution is 2.36. The van der Waals surface area contributed by atoms with Gasteiger partial charge in [-0.3, -0.25) is 14.1 Å². The number of fused-ring (bicyclic) bond motifs is 1. The average molecular weight is 385 g/mol. The molecule has 1 heterocycles. The molecule has 0 saturated carbocycles. The summed E-state index contributed by atoms with van der Waals surface area (Å²) in [5.41, 5.74) is -1.51. The molecule has 2 aromatic rings. The van der Waals surface area contributed by atoms with Gasteiger partial charge in [-0.15, -0.1) is 0 Å². The summed E-state index contributed by atoms with van der Waals surface area (Å²) in [4.78, 5) is 25.2. The van der Waals surface area contributed by atoms with Crippen LogP contribution in [0.25, 0.3) is 0 Å². The summed E-state index contributed by atoms with van der Waals surface area (Å²) >= 11 is 0. The van der Waals surface area contributed by atoms with Crippen molar-refractivity contribution in [3.63, 3.8) is 0 Å². The van der Waals surface area contributed by atoms with Gasteiger partial charge < -0.3 is 0 Å². The second kappa shape index (κ2) is 5.92. The lowest BCUT2D eigenvalue weighted by Crippen LogP contribution is -2.38. The zero-order valence-corrected chi connectivity index (χ0v) is 13.6. The number of hydrogen-bond donors (Lipinski definition) is 1. The molecule has 0 bridgehead atoms. The van der Waals surface area contributed by atoms with Crippen LogP contribution in [0.4, 0.5) is 13.2 Å². The summed E-state index contributed by atoms with van der Waals surface area (Å²) in [5, 5.41) is -2.16. The van der Waals surface area contributed by atoms with Crippen LogP contribution >= 0.6 is 0 Å². The van der Waals surface area contributed by atoms with Gasteiger partial charge in [0.25, 0.3) is 21.9 Å². The summed E-state index contributed by atoms with van der Waals surface area (Å²) < 4.78 is 71.2. The molecule has 0 radical (unpaired) electrons. The SMILES string of the molecule is O=C1c2ccccc2C(=O)N1C(c1ccc(C(F)(F)F)cc1)S(=O)(=O)O. The van der Waals surface area contributed by atoms with Gasteiger partial charge in [-0.2, -0.15) is 21.6 Å². The van der Waals surface area contributed by atoms with Crippen molar-refractivity contribution in [2.75, 3.05) is 0 Å². The molecular weight excluding hydrogens is 375 g/mol. The van der Waals surface area contributed by atoms with E-state index in [-0.39, 0.29) is 16.7 Å². The Kier molecular flexibility index (Phi) is 4.12. The molecule has 2 amide bonds. The first-order valence-corrected chi connectivity index (χ1v) is 8.62. The quantitative estimate of drug-likeness (QED) is 0.648. The Morgan fingerprint density at radius 3 is 1.73 bits per heavy atom. The highest BCUT2D eigenvalue weighted by Gasteiger charge is 2.45. The second-order valence-corrected chi connectivity index (χ2v) is 6.99. The summed E-state index contributed by atoms with van der Waals surface area (Å²) in [7, 11) is -5.03. The van der Waals surface area contributed by atoms with Gasteiger partial charge >= 0.3 is 6.18 Å². The minimum absolute atomic E-state index is 0.0574. The van der Waals surface area contributed by atoms with Gasteiger partial charge in [-0.05, 0) is 29.8 Å². The van der Waals surface area contributed by atoms with Crippen LogP contribution in [0.2, 0.25) is 0 Å². The molecule has 26 heavy (non-hydrogen) atoms. The molecule has 1 atom stereocenters. The first kappa shape index (κ1) is 18.1. The maximum atomic E-state index is 12.7. The molecule has 0 saturated heterocycles. The summed E-state index contributed by atoms with van der Waals surface area (Å²) in [6.07, 6.45) is -4.65. The van der Waals surface area contributed by atoms with Crippen molar-refractivity contribution in [3.05, 3.63) is 70.8 Å². The predicted octanol–water partition coefficient (Wildman–Crippen LogP) is 2.89. The molecular formula is C16H10F3NO5S. The molecule has 1 unspecified atom stereocenters. The molecule has 0 spiro atoms. The fourth-order valence-corrected chi connectivity index (χ4v) is 3.67. The fourth-order valence-electron chi connectivity index (χ4n) is 2.71. The number of carbonyl (C=O) groups is 2. The largest absolute Gasteiger partial charge is 0.416 e. The third kappa shape index (κ3) is 2.97. The van der Waals surface area contributed by atoms with Crippen molar-refractivity contribution >= 4 is 21.9 Å². The van der Waals surface area contributed by atoms with E-state index in [9.17, 15) is 35.7 Å². The second-order valence-electron chi connectivity index (χ2n) is 5.51. The molecule has 0 fully saturated rings. The average Bonchev–Trinajstić information content (AvgIpc) is 2.79. The van der Waals surface area contributed by atoms with E-state index in [0.717, 1.165) is 12.1 Å². The van der Waals surface area contributed by atoms with Crippen molar-refractivity contribution in [3.8, 4) is 0 Å². The molecule has 0 aliphatic carbocycles. The van der Waals surface area contributed by atoms with Crippen LogP contribution in [-0.2, 0) is 16.3 Å². The van der Waals surface area contributed by atoms with Crippen molar-refractivity contribution in [1.82, 2.24) is 4.90 Å². The highest BCUT2D eigenvalue weighted by molar-refractivity contribution is 7.86. The van der Waals surface area contributed by atoms with Crippen LogP contribution in [0.15, 0.2) is 48.5 Å². The highest BCUT2D eigenvalue weighted by atomic mass is 32.2. The van der Waals surface area contributed by atoms with E-state index in [0.29, 0.717) is 17.0 Å². The van der Waals surface area contributed by atoms with Gasteiger partial charge in [0.2, 0.25) is 0 Å². The van der Waals surface area contributed by atoms with E-state index in [1.165, 1.54) is 24.3 Å². The number of carbonyl (C=O) groups excluding carboxylic acids is 2. The predicted molar refractivity (Wildman–Crippen MR) is 82.7 cm³/mol. The summed E-state index contributed by atoms with van der Waals surface area (Å²) in [5.74, 6) is -1.93. The topological polar surface area (TPSA) is 91.8 Å². The molecule has 1 aliphatic rings. The van der Waals surface area contributed by atoms with Gasteiger partial charge in [0.05, 0.1) is 16.7 Å². The summed E-state index contributed by atoms with van der Waals surface area (Å²) in [6.45, 7) is 0. The van der Waals surface area contributed by atoms with Crippen LogP contribution < -0.4 is 0 Å². The van der Waals surface area contributed by atoms with Crippen LogP contribution in [0.5, 0.6) is 0 Å². The number of alkyl halides is 3. The number of halogens is 3. The Morgan fingerprint density at radius 2 is 1.35 bits per heavy atom. The lowest BCUT2D eigenvalue weighted by atomic mass is 10.1. The molecule has 3 rings (SSSR count). The lowest BCUT2D eigenvalue weighted by Gasteiger charge is -2.24. The van der Waals surface area contributed by atoms with Crippen molar-refractivity contribution in [1.29, 1.82) is 0 Å². The molecule has 1 aliphatic heterocycles. The molecule has 6 nitrogen and oxygen atoms in total. The van der Waals surface area contributed by atoms with E-state index in [2.05, 4.69) is 0 Å². The Morgan fingerprint density at radius 1 is 0.885 bits per heavy atom. The normalized spacial score (nSPS) is 15.9. The smallest absolute Gasteiger partial charge is 0.284 e. The number of nitrogens with zero attached hydrogens (tertiary/aromatic N) is 1. The van der Waals surface area contributed by atoms with Gasteiger partial charge in [-0.25, -0.2) is 4.90 Å². The zero-order valence-electron chi connectivity index (χ0n) is 12.8.